The number of nitrogens with zero attached hydrogens (tertiary/aromatic N) is 3. The number of carbonyl (C=O) groups is 2. The Morgan fingerprint density at radius 1 is 0.971 bits per heavy atom. The number of nitrogens with one attached hydrogen (secondary N) is 2. The van der Waals surface area contributed by atoms with Gasteiger partial charge in [0.1, 0.15) is 5.82 Å². The zero-order valence-electron chi connectivity index (χ0n) is 18.7. The van der Waals surface area contributed by atoms with Crippen LogP contribution in [0.25, 0.3) is 0 Å². The van der Waals surface area contributed by atoms with E-state index in [-0.39, 0.29) is 17.6 Å². The fraction of sp³-hybridized carbons (Fsp3) is 0.200. The lowest BCUT2D eigenvalue weighted by atomic mass is 10.1. The highest BCUT2D eigenvalue weighted by Crippen LogP contribution is 2.22. The normalized spacial score (nSPS) is 10.7. The molecule has 2 amide bonds. The van der Waals surface area contributed by atoms with Gasteiger partial charge in [0.2, 0.25) is 11.8 Å². The van der Waals surface area contributed by atoms with Crippen molar-refractivity contribution in [3.8, 4) is 0 Å². The largest absolute Gasteiger partial charge is 0.326 e. The van der Waals surface area contributed by atoms with Gasteiger partial charge in [0.05, 0.1) is 5.75 Å². The summed E-state index contributed by atoms with van der Waals surface area (Å²) in [6.45, 7) is 2.18. The Bertz CT molecular complexity index is 1240. The maximum atomic E-state index is 12.6. The molecule has 0 spiro atoms. The number of hydrogen-bond donors (Lipinski definition) is 2. The van der Waals surface area contributed by atoms with Gasteiger partial charge in [-0.3, -0.25) is 9.59 Å². The van der Waals surface area contributed by atoms with Crippen LogP contribution in [-0.2, 0) is 29.0 Å². The number of amides is 2. The molecule has 34 heavy (non-hydrogen) atoms. The smallest absolute Gasteiger partial charge is 0.234 e. The van der Waals surface area contributed by atoms with Gasteiger partial charge in [-0.05, 0) is 41.6 Å². The zero-order valence-corrected chi connectivity index (χ0v) is 20.4. The van der Waals surface area contributed by atoms with Crippen molar-refractivity contribution < 1.29 is 9.59 Å². The second kappa shape index (κ2) is 11.6. The van der Waals surface area contributed by atoms with Gasteiger partial charge in [0, 0.05) is 36.1 Å². The lowest BCUT2D eigenvalue weighted by Crippen LogP contribution is -2.15. The number of thiophene rings is 1. The molecule has 0 aliphatic rings. The fourth-order valence-electron chi connectivity index (χ4n) is 3.44. The van der Waals surface area contributed by atoms with E-state index in [9.17, 15) is 9.59 Å². The summed E-state index contributed by atoms with van der Waals surface area (Å²) in [6, 6.07) is 21.5. The molecule has 2 heterocycles. The third kappa shape index (κ3) is 6.79. The van der Waals surface area contributed by atoms with E-state index >= 15 is 0 Å². The molecule has 4 rings (SSSR count). The first kappa shape index (κ1) is 23.7. The summed E-state index contributed by atoms with van der Waals surface area (Å²) >= 11 is 3.06. The number of benzene rings is 2. The summed E-state index contributed by atoms with van der Waals surface area (Å²) in [6.07, 6.45) is 1.56. The second-order valence-corrected chi connectivity index (χ2v) is 9.62. The van der Waals surface area contributed by atoms with Crippen molar-refractivity contribution in [3.05, 3.63) is 88.4 Å². The summed E-state index contributed by atoms with van der Waals surface area (Å²) < 4.78 is 2.11. The minimum Gasteiger partial charge on any atom is -0.326 e. The molecule has 2 aromatic heterocycles. The van der Waals surface area contributed by atoms with Crippen LogP contribution in [-0.4, -0.2) is 32.3 Å². The van der Waals surface area contributed by atoms with Crippen molar-refractivity contribution >= 4 is 46.3 Å². The Labute approximate surface area is 206 Å². The molecular weight excluding hydrogens is 466 g/mol. The lowest BCUT2D eigenvalue weighted by molar-refractivity contribution is -0.114. The van der Waals surface area contributed by atoms with Crippen LogP contribution >= 0.6 is 23.1 Å². The maximum Gasteiger partial charge on any atom is 0.234 e. The number of aryl methyl sites for hydroxylation is 1. The van der Waals surface area contributed by atoms with Gasteiger partial charge in [-0.15, -0.1) is 21.5 Å². The molecule has 0 fully saturated rings. The highest BCUT2D eigenvalue weighted by molar-refractivity contribution is 7.99. The Balaban J connectivity index is 1.42. The van der Waals surface area contributed by atoms with E-state index in [4.69, 9.17) is 0 Å². The highest BCUT2D eigenvalue weighted by Gasteiger charge is 2.15. The number of rotatable bonds is 10. The van der Waals surface area contributed by atoms with Crippen LogP contribution in [0.3, 0.4) is 0 Å². The van der Waals surface area contributed by atoms with Gasteiger partial charge in [-0.2, -0.15) is 0 Å². The molecule has 0 atom stereocenters. The monoisotopic (exact) mass is 491 g/mol. The molecule has 0 radical (unpaired) electrons. The van der Waals surface area contributed by atoms with Crippen molar-refractivity contribution in [1.29, 1.82) is 0 Å². The van der Waals surface area contributed by atoms with Gasteiger partial charge in [-0.1, -0.05) is 54.2 Å². The number of aromatic nitrogens is 3. The van der Waals surface area contributed by atoms with Gasteiger partial charge in [-0.25, -0.2) is 0 Å². The van der Waals surface area contributed by atoms with Crippen molar-refractivity contribution in [3.63, 3.8) is 0 Å². The quantitative estimate of drug-likeness (QED) is 0.309. The van der Waals surface area contributed by atoms with Crippen molar-refractivity contribution in [1.82, 2.24) is 14.8 Å². The van der Waals surface area contributed by atoms with Crippen LogP contribution in [0, 0.1) is 0 Å². The molecule has 9 heteroatoms. The van der Waals surface area contributed by atoms with Crippen LogP contribution in [0.15, 0.2) is 77.3 Å². The first-order valence-corrected chi connectivity index (χ1v) is 12.7. The second-order valence-electron chi connectivity index (χ2n) is 7.64. The Morgan fingerprint density at radius 2 is 1.76 bits per heavy atom. The van der Waals surface area contributed by atoms with Crippen molar-refractivity contribution in [2.75, 3.05) is 16.4 Å². The molecule has 0 aliphatic heterocycles. The average Bonchev–Trinajstić information content (AvgIpc) is 3.47. The van der Waals surface area contributed by atoms with E-state index in [0.29, 0.717) is 17.8 Å². The van der Waals surface area contributed by atoms with Crippen LogP contribution in [0.4, 0.5) is 11.4 Å². The maximum absolute atomic E-state index is 12.6. The molecule has 2 N–H and O–H groups in total. The number of thioether (sulfide) groups is 1. The fourth-order valence-corrected chi connectivity index (χ4v) is 4.93. The Hall–Kier alpha value is -3.43. The lowest BCUT2D eigenvalue weighted by Gasteiger charge is -2.11. The molecule has 7 nitrogen and oxygen atoms in total. The van der Waals surface area contributed by atoms with Gasteiger partial charge in [0.25, 0.3) is 0 Å². The van der Waals surface area contributed by atoms with Crippen LogP contribution in [0.5, 0.6) is 0 Å². The summed E-state index contributed by atoms with van der Waals surface area (Å²) in [5.41, 5.74) is 2.50. The molecule has 0 aliphatic carbocycles. The standard InChI is InChI=1S/C25H25N5O2S2/c1-18(31)26-20-9-5-10-21(15-20)27-24(32)17-34-25-29-28-23(16-22-11-6-14-33-22)30(25)13-12-19-7-3-2-4-8-19/h2-11,14-15H,12-13,16-17H2,1H3,(H,26,31)(H,27,32). The molecule has 4 aromatic rings. The van der Waals surface area contributed by atoms with Crippen molar-refractivity contribution in [2.24, 2.45) is 0 Å². The van der Waals surface area contributed by atoms with E-state index in [1.165, 1.54) is 29.1 Å². The Morgan fingerprint density at radius 3 is 2.50 bits per heavy atom. The minimum atomic E-state index is -0.160. The summed E-state index contributed by atoms with van der Waals surface area (Å²) in [5, 5.41) is 17.2. The predicted octanol–water partition coefficient (Wildman–Crippen LogP) is 4.86. The summed E-state index contributed by atoms with van der Waals surface area (Å²) in [7, 11) is 0. The SMILES string of the molecule is CC(=O)Nc1cccc(NC(=O)CSc2nnc(Cc3cccs3)n2CCc2ccccc2)c1. The molecule has 0 saturated heterocycles. The van der Waals surface area contributed by atoms with Crippen LogP contribution < -0.4 is 10.6 Å². The van der Waals surface area contributed by atoms with E-state index in [2.05, 4.69) is 49.0 Å². The number of anilines is 2. The predicted molar refractivity (Wildman–Crippen MR) is 137 cm³/mol. The van der Waals surface area contributed by atoms with Gasteiger partial charge < -0.3 is 15.2 Å². The minimum absolute atomic E-state index is 0.151. The van der Waals surface area contributed by atoms with Crippen LogP contribution in [0.2, 0.25) is 0 Å². The Kier molecular flexibility index (Phi) is 8.11. The van der Waals surface area contributed by atoms with Crippen LogP contribution in [0.1, 0.15) is 23.2 Å². The van der Waals surface area contributed by atoms with E-state index in [0.717, 1.165) is 23.9 Å². The molecule has 0 bridgehead atoms. The van der Waals surface area contributed by atoms with Crippen molar-refractivity contribution in [2.45, 2.75) is 31.5 Å². The van der Waals surface area contributed by atoms with E-state index in [1.807, 2.05) is 24.3 Å². The highest BCUT2D eigenvalue weighted by atomic mass is 32.2. The molecule has 2 aromatic carbocycles. The summed E-state index contributed by atoms with van der Waals surface area (Å²) in [4.78, 5) is 25.1. The van der Waals surface area contributed by atoms with E-state index in [1.54, 1.807) is 35.6 Å². The van der Waals surface area contributed by atoms with Gasteiger partial charge in [0.15, 0.2) is 5.16 Å². The third-order valence-corrected chi connectivity index (χ3v) is 6.82. The average molecular weight is 492 g/mol. The number of hydrogen-bond acceptors (Lipinski definition) is 6. The summed E-state index contributed by atoms with van der Waals surface area (Å²) in [5.74, 6) is 0.784. The molecular formula is C25H25N5O2S2. The molecule has 174 valence electrons. The van der Waals surface area contributed by atoms with E-state index < -0.39 is 0 Å². The molecule has 0 saturated carbocycles. The third-order valence-electron chi connectivity index (χ3n) is 4.97. The first-order valence-electron chi connectivity index (χ1n) is 10.9. The first-order chi connectivity index (χ1) is 16.6. The zero-order chi connectivity index (χ0) is 23.8. The van der Waals surface area contributed by atoms with Gasteiger partial charge >= 0.3 is 0 Å². The topological polar surface area (TPSA) is 88.9 Å². The molecule has 0 unspecified atom stereocenters. The number of carbonyl (C=O) groups excluding carboxylic acids is 2.